The van der Waals surface area contributed by atoms with Crippen molar-refractivity contribution in [2.75, 3.05) is 0 Å². The molecular formula is C13H12N4OS. The summed E-state index contributed by atoms with van der Waals surface area (Å²) in [6.07, 6.45) is 3.43. The number of hydrogen-bond donors (Lipinski definition) is 3. The van der Waals surface area contributed by atoms with Gasteiger partial charge >= 0.3 is 5.69 Å². The molecule has 0 atom stereocenters. The van der Waals surface area contributed by atoms with Gasteiger partial charge < -0.3 is 15.0 Å². The average Bonchev–Trinajstić information content (AvgIpc) is 3.07. The zero-order valence-electron chi connectivity index (χ0n) is 10.2. The molecule has 4 rings (SSSR count). The quantitative estimate of drug-likeness (QED) is 0.460. The third-order valence-corrected chi connectivity index (χ3v) is 3.54. The van der Waals surface area contributed by atoms with E-state index in [0.717, 1.165) is 22.1 Å². The Bertz CT molecular complexity index is 854. The fraction of sp³-hybridized carbons (Fsp3) is 0.0769. The van der Waals surface area contributed by atoms with Gasteiger partial charge in [0.1, 0.15) is 5.65 Å². The van der Waals surface area contributed by atoms with Gasteiger partial charge in [-0.05, 0) is 35.4 Å². The van der Waals surface area contributed by atoms with Gasteiger partial charge in [0.2, 0.25) is 0 Å². The van der Waals surface area contributed by atoms with Gasteiger partial charge in [-0.3, -0.25) is 0 Å². The van der Waals surface area contributed by atoms with E-state index in [1.54, 1.807) is 23.7 Å². The molecule has 0 saturated heterocycles. The Hall–Kier alpha value is -2.34. The molecule has 0 bridgehead atoms. The molecule has 96 valence electrons. The largest absolute Gasteiger partial charge is 0.346 e. The van der Waals surface area contributed by atoms with E-state index in [1.165, 1.54) is 5.56 Å². The maximum Gasteiger partial charge on any atom is 0.323 e. The van der Waals surface area contributed by atoms with Crippen LogP contribution < -0.4 is 5.69 Å². The number of imidazole rings is 1. The van der Waals surface area contributed by atoms with Gasteiger partial charge in [-0.2, -0.15) is 11.3 Å². The molecule has 19 heavy (non-hydrogen) atoms. The van der Waals surface area contributed by atoms with Crippen molar-refractivity contribution in [3.8, 4) is 0 Å². The fourth-order valence-electron chi connectivity index (χ4n) is 1.84. The Morgan fingerprint density at radius 3 is 2.84 bits per heavy atom. The number of fused-ring (bicyclic) bond motifs is 3. The van der Waals surface area contributed by atoms with Gasteiger partial charge in [0.25, 0.3) is 0 Å². The number of aryl methyl sites for hydroxylation is 1. The van der Waals surface area contributed by atoms with E-state index >= 15 is 0 Å². The molecule has 4 aromatic heterocycles. The maximum atomic E-state index is 11.0. The van der Waals surface area contributed by atoms with Crippen LogP contribution in [0.2, 0.25) is 0 Å². The molecule has 0 unspecified atom stereocenters. The molecule has 0 spiro atoms. The number of hydrogen-bond acceptors (Lipinski definition) is 3. The Morgan fingerprint density at radius 2 is 2.16 bits per heavy atom. The molecular weight excluding hydrogens is 260 g/mol. The summed E-state index contributed by atoms with van der Waals surface area (Å²) in [4.78, 5) is 23.5. The van der Waals surface area contributed by atoms with Crippen LogP contribution in [0.15, 0.2) is 40.1 Å². The number of nitrogens with zero attached hydrogens (tertiary/aromatic N) is 1. The van der Waals surface area contributed by atoms with Gasteiger partial charge in [0.15, 0.2) is 0 Å². The van der Waals surface area contributed by atoms with Crippen LogP contribution in [-0.4, -0.2) is 19.9 Å². The number of aromatic nitrogens is 4. The highest BCUT2D eigenvalue weighted by atomic mass is 32.1. The minimum Gasteiger partial charge on any atom is -0.346 e. The molecule has 0 radical (unpaired) electrons. The first kappa shape index (κ1) is 11.7. The van der Waals surface area contributed by atoms with Crippen molar-refractivity contribution in [2.24, 2.45) is 0 Å². The zero-order chi connectivity index (χ0) is 13.2. The number of aromatic amines is 3. The maximum absolute atomic E-state index is 11.0. The molecule has 0 aliphatic heterocycles. The summed E-state index contributed by atoms with van der Waals surface area (Å²) in [6.45, 7) is 2.09. The summed E-state index contributed by atoms with van der Waals surface area (Å²) in [5.74, 6) is 0. The van der Waals surface area contributed by atoms with Gasteiger partial charge in [0, 0.05) is 11.6 Å². The minimum atomic E-state index is -0.203. The lowest BCUT2D eigenvalue weighted by Crippen LogP contribution is -1.99. The predicted molar refractivity (Wildman–Crippen MR) is 77.6 cm³/mol. The van der Waals surface area contributed by atoms with Gasteiger partial charge in [-0.25, -0.2) is 9.78 Å². The van der Waals surface area contributed by atoms with Gasteiger partial charge in [-0.1, -0.05) is 0 Å². The molecule has 0 aromatic carbocycles. The monoisotopic (exact) mass is 272 g/mol. The second kappa shape index (κ2) is 4.74. The third-order valence-electron chi connectivity index (χ3n) is 2.74. The van der Waals surface area contributed by atoms with Crippen LogP contribution in [0.3, 0.4) is 0 Å². The predicted octanol–water partition coefficient (Wildman–Crippen LogP) is 2.79. The van der Waals surface area contributed by atoms with E-state index in [0.29, 0.717) is 0 Å². The summed E-state index contributed by atoms with van der Waals surface area (Å²) in [7, 11) is 0. The van der Waals surface area contributed by atoms with Crippen molar-refractivity contribution in [1.29, 1.82) is 0 Å². The standard InChI is InChI=1S/C8H6N4O.C5H6S/c13-8-11-5-3-10-7-4(1-2-9-7)6(5)12-8;1-5-2-3-6-4-5/h1-3H,(H,9,10)(H2,11,12,13);2-4H,1H3. The lowest BCUT2D eigenvalue weighted by Gasteiger charge is -1.89. The van der Waals surface area contributed by atoms with Crippen molar-refractivity contribution >= 4 is 33.4 Å². The van der Waals surface area contributed by atoms with Crippen LogP contribution in [0.4, 0.5) is 0 Å². The van der Waals surface area contributed by atoms with Crippen LogP contribution in [0.25, 0.3) is 22.1 Å². The van der Waals surface area contributed by atoms with Crippen LogP contribution in [-0.2, 0) is 0 Å². The van der Waals surface area contributed by atoms with Crippen molar-refractivity contribution < 1.29 is 0 Å². The molecule has 0 saturated carbocycles. The van der Waals surface area contributed by atoms with Crippen molar-refractivity contribution in [1.82, 2.24) is 19.9 Å². The average molecular weight is 272 g/mol. The second-order valence-corrected chi connectivity index (χ2v) is 4.95. The smallest absolute Gasteiger partial charge is 0.323 e. The lowest BCUT2D eigenvalue weighted by molar-refractivity contribution is 1.21. The number of nitrogens with one attached hydrogen (secondary N) is 3. The Kier molecular flexibility index (Phi) is 2.92. The Morgan fingerprint density at radius 1 is 1.26 bits per heavy atom. The molecule has 5 nitrogen and oxygen atoms in total. The van der Waals surface area contributed by atoms with E-state index in [2.05, 4.69) is 43.7 Å². The Balaban J connectivity index is 0.000000155. The summed E-state index contributed by atoms with van der Waals surface area (Å²) < 4.78 is 0. The highest BCUT2D eigenvalue weighted by Crippen LogP contribution is 2.17. The van der Waals surface area contributed by atoms with Crippen LogP contribution in [0.5, 0.6) is 0 Å². The first-order valence-electron chi connectivity index (χ1n) is 5.77. The molecule has 4 heterocycles. The third kappa shape index (κ3) is 2.30. The number of rotatable bonds is 0. The summed E-state index contributed by atoms with van der Waals surface area (Å²) in [5, 5.41) is 5.13. The molecule has 6 heteroatoms. The molecule has 4 aromatic rings. The summed E-state index contributed by atoms with van der Waals surface area (Å²) in [6, 6.07) is 3.99. The van der Waals surface area contributed by atoms with E-state index in [1.807, 2.05) is 6.07 Å². The summed E-state index contributed by atoms with van der Waals surface area (Å²) in [5.41, 5.74) is 3.47. The van der Waals surface area contributed by atoms with E-state index in [9.17, 15) is 4.79 Å². The van der Waals surface area contributed by atoms with Gasteiger partial charge in [-0.15, -0.1) is 0 Å². The highest BCUT2D eigenvalue weighted by Gasteiger charge is 2.04. The van der Waals surface area contributed by atoms with Gasteiger partial charge in [0.05, 0.1) is 17.2 Å². The van der Waals surface area contributed by atoms with Crippen LogP contribution in [0, 0.1) is 6.92 Å². The normalized spacial score (nSPS) is 10.6. The fourth-order valence-corrected chi connectivity index (χ4v) is 2.50. The first-order chi connectivity index (χ1) is 9.24. The number of thiophene rings is 1. The van der Waals surface area contributed by atoms with Crippen LogP contribution in [0.1, 0.15) is 5.56 Å². The zero-order valence-corrected chi connectivity index (χ0v) is 11.0. The Labute approximate surface area is 112 Å². The van der Waals surface area contributed by atoms with E-state index < -0.39 is 0 Å². The second-order valence-electron chi connectivity index (χ2n) is 4.17. The molecule has 3 N–H and O–H groups in total. The topological polar surface area (TPSA) is 77.3 Å². The first-order valence-corrected chi connectivity index (χ1v) is 6.71. The van der Waals surface area contributed by atoms with Crippen molar-refractivity contribution in [3.63, 3.8) is 0 Å². The number of H-pyrrole nitrogens is 3. The van der Waals surface area contributed by atoms with Crippen molar-refractivity contribution in [2.45, 2.75) is 6.92 Å². The van der Waals surface area contributed by atoms with E-state index in [-0.39, 0.29) is 5.69 Å². The highest BCUT2D eigenvalue weighted by molar-refractivity contribution is 7.07. The molecule has 0 aliphatic rings. The summed E-state index contributed by atoms with van der Waals surface area (Å²) >= 11 is 1.74. The van der Waals surface area contributed by atoms with E-state index in [4.69, 9.17) is 0 Å². The lowest BCUT2D eigenvalue weighted by atomic mass is 10.3. The molecule has 0 fully saturated rings. The van der Waals surface area contributed by atoms with Crippen molar-refractivity contribution in [3.05, 3.63) is 51.3 Å². The molecule has 0 amide bonds. The number of pyridine rings is 1. The van der Waals surface area contributed by atoms with Crippen LogP contribution >= 0.6 is 11.3 Å². The SMILES string of the molecule is Cc1ccsc1.O=c1[nH]c2cnc3[nH]ccc3c2[nH]1. The molecule has 0 aliphatic carbocycles. The minimum absolute atomic E-state index is 0.203.